The van der Waals surface area contributed by atoms with Crippen molar-refractivity contribution in [1.29, 1.82) is 0 Å². The number of rotatable bonds is 3. The Kier molecular flexibility index (Phi) is 3.42. The first-order valence-electron chi connectivity index (χ1n) is 7.42. The van der Waals surface area contributed by atoms with Crippen LogP contribution in [0, 0.1) is 0 Å². The standard InChI is InChI=1S/C16H23N3O/c1-4-16(7-9-17-10-8-16)15-18-13-11-12(20-3)5-6-14(13)19(15)2/h5-6,11,17H,4,7-10H2,1-3H3. The summed E-state index contributed by atoms with van der Waals surface area (Å²) in [7, 11) is 3.84. The Hall–Kier alpha value is -1.55. The molecule has 0 amide bonds. The molecule has 2 heterocycles. The minimum atomic E-state index is 0.215. The number of imidazole rings is 1. The summed E-state index contributed by atoms with van der Waals surface area (Å²) in [5, 5.41) is 3.46. The number of fused-ring (bicyclic) bond motifs is 1. The number of piperidine rings is 1. The normalized spacial score (nSPS) is 18.4. The van der Waals surface area contributed by atoms with Crippen molar-refractivity contribution in [3.63, 3.8) is 0 Å². The summed E-state index contributed by atoms with van der Waals surface area (Å²) in [4.78, 5) is 4.94. The molecule has 0 spiro atoms. The molecular formula is C16H23N3O. The molecule has 0 radical (unpaired) electrons. The quantitative estimate of drug-likeness (QED) is 0.934. The first kappa shape index (κ1) is 13.4. The number of ether oxygens (including phenoxy) is 1. The van der Waals surface area contributed by atoms with Crippen molar-refractivity contribution in [1.82, 2.24) is 14.9 Å². The molecule has 1 aromatic carbocycles. The van der Waals surface area contributed by atoms with Crippen LogP contribution in [0.4, 0.5) is 0 Å². The molecule has 1 saturated heterocycles. The van der Waals surface area contributed by atoms with Gasteiger partial charge in [-0.3, -0.25) is 0 Å². The van der Waals surface area contributed by atoms with Gasteiger partial charge in [-0.1, -0.05) is 6.92 Å². The number of hydrogen-bond acceptors (Lipinski definition) is 3. The molecule has 4 nitrogen and oxygen atoms in total. The van der Waals surface area contributed by atoms with Crippen molar-refractivity contribution in [3.8, 4) is 5.75 Å². The van der Waals surface area contributed by atoms with Crippen molar-refractivity contribution in [2.75, 3.05) is 20.2 Å². The second kappa shape index (κ2) is 5.09. The van der Waals surface area contributed by atoms with E-state index in [4.69, 9.17) is 9.72 Å². The van der Waals surface area contributed by atoms with Crippen LogP contribution in [0.3, 0.4) is 0 Å². The summed E-state index contributed by atoms with van der Waals surface area (Å²) in [6.45, 7) is 4.45. The van der Waals surface area contributed by atoms with Crippen LogP contribution in [0.5, 0.6) is 5.75 Å². The molecule has 1 aromatic heterocycles. The van der Waals surface area contributed by atoms with Crippen LogP contribution in [0.15, 0.2) is 18.2 Å². The predicted octanol–water partition coefficient (Wildman–Crippen LogP) is 2.61. The summed E-state index contributed by atoms with van der Waals surface area (Å²) < 4.78 is 7.58. The second-order valence-corrected chi connectivity index (χ2v) is 5.73. The number of aromatic nitrogens is 2. The molecule has 1 aliphatic rings. The highest BCUT2D eigenvalue weighted by molar-refractivity contribution is 5.78. The van der Waals surface area contributed by atoms with Crippen molar-refractivity contribution < 1.29 is 4.74 Å². The van der Waals surface area contributed by atoms with Crippen molar-refractivity contribution >= 4 is 11.0 Å². The molecule has 1 aliphatic heterocycles. The smallest absolute Gasteiger partial charge is 0.121 e. The monoisotopic (exact) mass is 273 g/mol. The van der Waals surface area contributed by atoms with Gasteiger partial charge in [0.05, 0.1) is 18.1 Å². The predicted molar refractivity (Wildman–Crippen MR) is 81.3 cm³/mol. The van der Waals surface area contributed by atoms with E-state index in [0.717, 1.165) is 43.6 Å². The van der Waals surface area contributed by atoms with Crippen LogP contribution in [0.1, 0.15) is 32.0 Å². The third-order valence-corrected chi connectivity index (χ3v) is 4.80. The summed E-state index contributed by atoms with van der Waals surface area (Å²) in [5.41, 5.74) is 2.44. The molecule has 0 aliphatic carbocycles. The van der Waals surface area contributed by atoms with Crippen LogP contribution >= 0.6 is 0 Å². The third-order valence-electron chi connectivity index (χ3n) is 4.80. The fourth-order valence-electron chi connectivity index (χ4n) is 3.42. The van der Waals surface area contributed by atoms with E-state index in [9.17, 15) is 0 Å². The van der Waals surface area contributed by atoms with Crippen molar-refractivity contribution in [2.45, 2.75) is 31.6 Å². The molecule has 108 valence electrons. The first-order valence-corrected chi connectivity index (χ1v) is 7.42. The van der Waals surface area contributed by atoms with Crippen LogP contribution < -0.4 is 10.1 Å². The molecular weight excluding hydrogens is 250 g/mol. The lowest BCUT2D eigenvalue weighted by Gasteiger charge is -2.36. The Morgan fingerprint density at radius 1 is 1.35 bits per heavy atom. The minimum absolute atomic E-state index is 0.215. The maximum atomic E-state index is 5.31. The lowest BCUT2D eigenvalue weighted by Crippen LogP contribution is -2.41. The van der Waals surface area contributed by atoms with Crippen molar-refractivity contribution in [3.05, 3.63) is 24.0 Å². The number of aryl methyl sites for hydroxylation is 1. The number of benzene rings is 1. The summed E-state index contributed by atoms with van der Waals surface area (Å²) in [6.07, 6.45) is 3.47. The molecule has 2 aromatic rings. The van der Waals surface area contributed by atoms with Gasteiger partial charge in [-0.25, -0.2) is 4.98 Å². The Morgan fingerprint density at radius 3 is 2.75 bits per heavy atom. The molecule has 3 rings (SSSR count). The van der Waals surface area contributed by atoms with Gasteiger partial charge in [0, 0.05) is 18.5 Å². The highest BCUT2D eigenvalue weighted by Gasteiger charge is 2.36. The van der Waals surface area contributed by atoms with Gasteiger partial charge in [0.25, 0.3) is 0 Å². The van der Waals surface area contributed by atoms with E-state index in [1.54, 1.807) is 7.11 Å². The van der Waals surface area contributed by atoms with Crippen LogP contribution in [-0.2, 0) is 12.5 Å². The van der Waals surface area contributed by atoms with E-state index in [1.165, 1.54) is 11.3 Å². The van der Waals surface area contributed by atoms with Gasteiger partial charge in [-0.15, -0.1) is 0 Å². The number of nitrogens with one attached hydrogen (secondary N) is 1. The van der Waals surface area contributed by atoms with Crippen molar-refractivity contribution in [2.24, 2.45) is 7.05 Å². The van der Waals surface area contributed by atoms with E-state index < -0.39 is 0 Å². The second-order valence-electron chi connectivity index (χ2n) is 5.73. The Morgan fingerprint density at radius 2 is 2.10 bits per heavy atom. The summed E-state index contributed by atoms with van der Waals surface area (Å²) in [5.74, 6) is 2.10. The zero-order chi connectivity index (χ0) is 14.2. The third kappa shape index (κ3) is 1.99. The average molecular weight is 273 g/mol. The van der Waals surface area contributed by atoms with Gasteiger partial charge in [0.15, 0.2) is 0 Å². The van der Waals surface area contributed by atoms with E-state index in [0.29, 0.717) is 0 Å². The maximum Gasteiger partial charge on any atom is 0.121 e. The number of methoxy groups -OCH3 is 1. The van der Waals surface area contributed by atoms with E-state index >= 15 is 0 Å². The van der Waals surface area contributed by atoms with Crippen LogP contribution in [-0.4, -0.2) is 29.8 Å². The van der Waals surface area contributed by atoms with Gasteiger partial charge >= 0.3 is 0 Å². The topological polar surface area (TPSA) is 39.1 Å². The zero-order valence-electron chi connectivity index (χ0n) is 12.6. The molecule has 1 fully saturated rings. The lowest BCUT2D eigenvalue weighted by atomic mass is 9.76. The molecule has 4 heteroatoms. The minimum Gasteiger partial charge on any atom is -0.497 e. The fourth-order valence-corrected chi connectivity index (χ4v) is 3.42. The summed E-state index contributed by atoms with van der Waals surface area (Å²) >= 11 is 0. The largest absolute Gasteiger partial charge is 0.497 e. The SMILES string of the molecule is CCC1(c2nc3cc(OC)ccc3n2C)CCNCC1. The first-order chi connectivity index (χ1) is 9.70. The van der Waals surface area contributed by atoms with Gasteiger partial charge in [0.2, 0.25) is 0 Å². The Balaban J connectivity index is 2.12. The average Bonchev–Trinajstić information content (AvgIpc) is 2.85. The Labute approximate surface area is 120 Å². The van der Waals surface area contributed by atoms with E-state index in [-0.39, 0.29) is 5.41 Å². The van der Waals surface area contributed by atoms with E-state index in [1.807, 2.05) is 12.1 Å². The molecule has 0 atom stereocenters. The zero-order valence-corrected chi connectivity index (χ0v) is 12.6. The van der Waals surface area contributed by atoms with Gasteiger partial charge in [-0.05, 0) is 44.5 Å². The van der Waals surface area contributed by atoms with Gasteiger partial charge in [-0.2, -0.15) is 0 Å². The number of hydrogen-bond donors (Lipinski definition) is 1. The Bertz CT molecular complexity index is 611. The molecule has 1 N–H and O–H groups in total. The van der Waals surface area contributed by atoms with Crippen LogP contribution in [0.25, 0.3) is 11.0 Å². The maximum absolute atomic E-state index is 5.31. The molecule has 20 heavy (non-hydrogen) atoms. The summed E-state index contributed by atoms with van der Waals surface area (Å²) in [6, 6.07) is 6.15. The lowest BCUT2D eigenvalue weighted by molar-refractivity contribution is 0.277. The number of nitrogens with zero attached hydrogens (tertiary/aromatic N) is 2. The van der Waals surface area contributed by atoms with Gasteiger partial charge in [0.1, 0.15) is 11.6 Å². The molecule has 0 bridgehead atoms. The highest BCUT2D eigenvalue weighted by Crippen LogP contribution is 2.37. The highest BCUT2D eigenvalue weighted by atomic mass is 16.5. The molecule has 0 unspecified atom stereocenters. The fraction of sp³-hybridized carbons (Fsp3) is 0.562. The van der Waals surface area contributed by atoms with E-state index in [2.05, 4.69) is 29.9 Å². The molecule has 0 saturated carbocycles. The van der Waals surface area contributed by atoms with Gasteiger partial charge < -0.3 is 14.6 Å². The van der Waals surface area contributed by atoms with Crippen LogP contribution in [0.2, 0.25) is 0 Å².